The van der Waals surface area contributed by atoms with E-state index in [1.165, 1.54) is 16.8 Å². The first-order chi connectivity index (χ1) is 20.8. The van der Waals surface area contributed by atoms with E-state index < -0.39 is 17.3 Å². The summed E-state index contributed by atoms with van der Waals surface area (Å²) in [5.74, 6) is -0.459. The predicted octanol–water partition coefficient (Wildman–Crippen LogP) is 2.84. The lowest BCUT2D eigenvalue weighted by Gasteiger charge is -2.51. The first-order valence-electron chi connectivity index (χ1n) is 15.4. The first kappa shape index (κ1) is 29.4. The number of nitrogens with zero attached hydrogens (tertiary/aromatic N) is 4. The third kappa shape index (κ3) is 6.34. The maximum Gasteiger partial charge on any atom is 0.255 e. The van der Waals surface area contributed by atoms with E-state index in [1.54, 1.807) is 42.6 Å². The van der Waals surface area contributed by atoms with Crippen LogP contribution in [0.15, 0.2) is 59.7 Å². The van der Waals surface area contributed by atoms with Crippen LogP contribution in [-0.4, -0.2) is 73.8 Å². The number of rotatable bonds is 7. The van der Waals surface area contributed by atoms with E-state index >= 15 is 0 Å². The summed E-state index contributed by atoms with van der Waals surface area (Å²) in [7, 11) is 0. The van der Waals surface area contributed by atoms with Gasteiger partial charge in [0.2, 0.25) is 11.9 Å². The normalized spacial score (nSPS) is 27.1. The number of carbonyl (C=O) groups excluding carboxylic acids is 1. The van der Waals surface area contributed by atoms with Crippen molar-refractivity contribution in [2.75, 3.05) is 25.0 Å². The van der Waals surface area contributed by atoms with Crippen molar-refractivity contribution < 1.29 is 14.3 Å². The SMILES string of the molecule is NC(=O)C1(O)CCN(C2CCNCC2)C(C2CCC(Nc3ncc(F)c(-c4cccc(-n5ccccc5=O)c4)n3)CC2)C1. The van der Waals surface area contributed by atoms with Gasteiger partial charge in [-0.25, -0.2) is 14.4 Å². The second kappa shape index (κ2) is 12.5. The van der Waals surface area contributed by atoms with Crippen molar-refractivity contribution in [2.24, 2.45) is 11.7 Å². The molecular weight excluding hydrogens is 549 g/mol. The molecule has 0 spiro atoms. The number of nitrogens with one attached hydrogen (secondary N) is 2. The fraction of sp³-hybridized carbons (Fsp3) is 0.500. The molecule has 0 bridgehead atoms. The van der Waals surface area contributed by atoms with E-state index in [0.717, 1.165) is 51.6 Å². The van der Waals surface area contributed by atoms with Crippen molar-refractivity contribution in [3.63, 3.8) is 0 Å². The molecule has 1 amide bonds. The van der Waals surface area contributed by atoms with E-state index in [4.69, 9.17) is 5.73 Å². The maximum atomic E-state index is 14.9. The van der Waals surface area contributed by atoms with Crippen LogP contribution in [0.2, 0.25) is 0 Å². The number of hydrogen-bond acceptors (Lipinski definition) is 8. The van der Waals surface area contributed by atoms with Gasteiger partial charge in [0.05, 0.1) is 6.20 Å². The fourth-order valence-electron chi connectivity index (χ4n) is 7.21. The van der Waals surface area contributed by atoms with E-state index in [-0.39, 0.29) is 23.3 Å². The van der Waals surface area contributed by atoms with Gasteiger partial charge in [0, 0.05) is 54.6 Å². The Morgan fingerprint density at radius 1 is 1.09 bits per heavy atom. The lowest BCUT2D eigenvalue weighted by atomic mass is 9.73. The smallest absolute Gasteiger partial charge is 0.255 e. The number of nitrogens with two attached hydrogens (primary N) is 1. The van der Waals surface area contributed by atoms with Gasteiger partial charge in [-0.1, -0.05) is 18.2 Å². The third-order valence-electron chi connectivity index (χ3n) is 9.61. The van der Waals surface area contributed by atoms with Crippen LogP contribution < -0.4 is 21.9 Å². The van der Waals surface area contributed by atoms with Crippen LogP contribution in [-0.2, 0) is 4.79 Å². The Labute approximate surface area is 250 Å². The number of aromatic nitrogens is 3. The van der Waals surface area contributed by atoms with E-state index in [0.29, 0.717) is 48.5 Å². The number of likely N-dealkylation sites (tertiary alicyclic amines) is 1. The monoisotopic (exact) mass is 589 g/mol. The summed E-state index contributed by atoms with van der Waals surface area (Å²) in [6.07, 6.45) is 9.37. The summed E-state index contributed by atoms with van der Waals surface area (Å²) >= 11 is 0. The molecule has 5 N–H and O–H groups in total. The molecule has 2 aliphatic heterocycles. The Bertz CT molecular complexity index is 1500. The number of amides is 1. The van der Waals surface area contributed by atoms with Crippen LogP contribution in [0.3, 0.4) is 0 Å². The van der Waals surface area contributed by atoms with Gasteiger partial charge < -0.3 is 21.5 Å². The van der Waals surface area contributed by atoms with Crippen LogP contribution in [0.4, 0.5) is 10.3 Å². The van der Waals surface area contributed by atoms with Crippen LogP contribution in [0.1, 0.15) is 51.4 Å². The number of benzene rings is 1. The largest absolute Gasteiger partial charge is 0.380 e. The number of piperidine rings is 2. The molecule has 2 aromatic heterocycles. The number of halogens is 1. The molecule has 2 saturated heterocycles. The Hall–Kier alpha value is -3.67. The molecule has 228 valence electrons. The third-order valence-corrected chi connectivity index (χ3v) is 9.61. The van der Waals surface area contributed by atoms with Crippen molar-refractivity contribution in [3.8, 4) is 16.9 Å². The molecule has 10 nitrogen and oxygen atoms in total. The first-order valence-corrected chi connectivity index (χ1v) is 15.4. The van der Waals surface area contributed by atoms with E-state index in [2.05, 4.69) is 25.5 Å². The van der Waals surface area contributed by atoms with Gasteiger partial charge in [-0.05, 0) is 82.2 Å². The fourth-order valence-corrected chi connectivity index (χ4v) is 7.21. The van der Waals surface area contributed by atoms with E-state index in [9.17, 15) is 19.1 Å². The number of pyridine rings is 1. The van der Waals surface area contributed by atoms with Crippen molar-refractivity contribution in [1.29, 1.82) is 0 Å². The van der Waals surface area contributed by atoms with Crippen LogP contribution in [0.25, 0.3) is 16.9 Å². The summed E-state index contributed by atoms with van der Waals surface area (Å²) in [6, 6.07) is 12.7. The second-order valence-electron chi connectivity index (χ2n) is 12.2. The minimum absolute atomic E-state index is 0.105. The van der Waals surface area contributed by atoms with Crippen molar-refractivity contribution >= 4 is 11.9 Å². The molecule has 1 saturated carbocycles. The molecule has 1 aliphatic carbocycles. The van der Waals surface area contributed by atoms with Crippen LogP contribution in [0, 0.1) is 11.7 Å². The Balaban J connectivity index is 1.14. The summed E-state index contributed by atoms with van der Waals surface area (Å²) < 4.78 is 16.4. The lowest BCUT2D eigenvalue weighted by molar-refractivity contribution is -0.147. The Morgan fingerprint density at radius 3 is 2.63 bits per heavy atom. The van der Waals surface area contributed by atoms with Crippen molar-refractivity contribution in [2.45, 2.75) is 75.1 Å². The number of hydrogen-bond donors (Lipinski definition) is 4. The van der Waals surface area contributed by atoms with Crippen LogP contribution >= 0.6 is 0 Å². The molecule has 1 aromatic carbocycles. The van der Waals surface area contributed by atoms with Gasteiger partial charge in [-0.3, -0.25) is 19.1 Å². The molecule has 4 heterocycles. The minimum atomic E-state index is -1.45. The lowest BCUT2D eigenvalue weighted by Crippen LogP contribution is -2.61. The summed E-state index contributed by atoms with van der Waals surface area (Å²) in [5, 5.41) is 17.9. The summed E-state index contributed by atoms with van der Waals surface area (Å²) in [5.41, 5.74) is 5.37. The van der Waals surface area contributed by atoms with Crippen molar-refractivity contribution in [3.05, 3.63) is 71.0 Å². The Morgan fingerprint density at radius 2 is 1.88 bits per heavy atom. The van der Waals surface area contributed by atoms with Gasteiger partial charge in [-0.15, -0.1) is 0 Å². The average Bonchev–Trinajstić information content (AvgIpc) is 3.03. The molecule has 2 unspecified atom stereocenters. The molecule has 11 heteroatoms. The minimum Gasteiger partial charge on any atom is -0.380 e. The Kier molecular flexibility index (Phi) is 8.56. The highest BCUT2D eigenvalue weighted by Crippen LogP contribution is 2.39. The molecule has 43 heavy (non-hydrogen) atoms. The second-order valence-corrected chi connectivity index (χ2v) is 12.2. The zero-order valence-corrected chi connectivity index (χ0v) is 24.3. The zero-order chi connectivity index (χ0) is 30.0. The molecule has 2 atom stereocenters. The standard InChI is InChI=1S/C32H40FN7O3/c33-26-20-36-31(38-29(26)22-4-3-5-25(18-22)40-16-2-1-6-28(40)41)37-23-9-7-21(8-10-23)27-19-32(43,30(34)42)13-17-39(27)24-11-14-35-15-12-24/h1-6,16,18,20-21,23-24,27,35,43H,7-15,17,19H2,(H2,34,42)(H,36,37,38). The highest BCUT2D eigenvalue weighted by atomic mass is 19.1. The number of anilines is 1. The van der Waals surface area contributed by atoms with Gasteiger partial charge in [0.15, 0.2) is 5.82 Å². The number of carbonyl (C=O) groups is 1. The van der Waals surface area contributed by atoms with Gasteiger partial charge in [0.25, 0.3) is 5.56 Å². The molecule has 6 rings (SSSR count). The van der Waals surface area contributed by atoms with Gasteiger partial charge in [-0.2, -0.15) is 0 Å². The van der Waals surface area contributed by atoms with Crippen LogP contribution in [0.5, 0.6) is 0 Å². The highest BCUT2D eigenvalue weighted by molar-refractivity contribution is 5.83. The summed E-state index contributed by atoms with van der Waals surface area (Å²) in [4.78, 5) is 35.8. The molecular formula is C32H40FN7O3. The summed E-state index contributed by atoms with van der Waals surface area (Å²) in [6.45, 7) is 2.65. The van der Waals surface area contributed by atoms with Gasteiger partial charge in [0.1, 0.15) is 11.3 Å². The quantitative estimate of drug-likeness (QED) is 0.330. The van der Waals surface area contributed by atoms with Gasteiger partial charge >= 0.3 is 0 Å². The van der Waals surface area contributed by atoms with E-state index in [1.807, 2.05) is 0 Å². The molecule has 3 aromatic rings. The number of primary amides is 1. The maximum absolute atomic E-state index is 14.9. The van der Waals surface area contributed by atoms with Crippen molar-refractivity contribution in [1.82, 2.24) is 24.8 Å². The topological polar surface area (TPSA) is 138 Å². The average molecular weight is 590 g/mol. The molecule has 3 fully saturated rings. The molecule has 3 aliphatic rings. The number of aliphatic hydroxyl groups is 1. The molecule has 0 radical (unpaired) electrons. The highest BCUT2D eigenvalue weighted by Gasteiger charge is 2.47. The zero-order valence-electron chi connectivity index (χ0n) is 24.3. The predicted molar refractivity (Wildman–Crippen MR) is 162 cm³/mol.